The number of rotatable bonds is 7. The van der Waals surface area contributed by atoms with Crippen molar-refractivity contribution in [3.8, 4) is 45.6 Å². The first-order valence-corrected chi connectivity index (χ1v) is 10.3. The maximum absolute atomic E-state index is 11.4. The molecule has 0 saturated carbocycles. The first-order chi connectivity index (χ1) is 16.1. The second-order valence-corrected chi connectivity index (χ2v) is 7.29. The van der Waals surface area contributed by atoms with Crippen LogP contribution < -0.4 is 28.4 Å². The van der Waals surface area contributed by atoms with Gasteiger partial charge in [0, 0.05) is 16.7 Å². The second-order valence-electron chi connectivity index (χ2n) is 7.29. The molecular weight excluding hydrogens is 426 g/mol. The zero-order chi connectivity index (χ0) is 23.4. The average molecular weight is 451 g/mol. The normalized spacial score (nSPS) is 16.6. The van der Waals surface area contributed by atoms with E-state index in [1.807, 2.05) is 36.4 Å². The summed E-state index contributed by atoms with van der Waals surface area (Å²) in [6.07, 6.45) is -1.47. The number of ether oxygens (including phenoxy) is 6. The van der Waals surface area contributed by atoms with Crippen LogP contribution in [0.1, 0.15) is 11.7 Å². The van der Waals surface area contributed by atoms with Crippen LogP contribution in [0.2, 0.25) is 0 Å². The highest BCUT2D eigenvalue weighted by Gasteiger charge is 2.35. The molecule has 0 amide bonds. The molecule has 1 heterocycles. The number of benzene rings is 3. The topological polar surface area (TPSA) is 84.8 Å². The van der Waals surface area contributed by atoms with Crippen molar-refractivity contribution in [3.05, 3.63) is 65.1 Å². The smallest absolute Gasteiger partial charge is 0.170 e. The zero-order valence-corrected chi connectivity index (χ0v) is 18.9. The average Bonchev–Trinajstić information content (AvgIpc) is 2.85. The lowest BCUT2D eigenvalue weighted by Crippen LogP contribution is -2.33. The lowest BCUT2D eigenvalue weighted by Gasteiger charge is -2.32. The van der Waals surface area contributed by atoms with Crippen molar-refractivity contribution in [2.45, 2.75) is 12.2 Å². The summed E-state index contributed by atoms with van der Waals surface area (Å²) in [6.45, 7) is -0.152. The third-order valence-electron chi connectivity index (χ3n) is 5.53. The number of fused-ring (bicyclic) bond motifs is 3. The first-order valence-electron chi connectivity index (χ1n) is 10.3. The van der Waals surface area contributed by atoms with Gasteiger partial charge in [0.25, 0.3) is 0 Å². The minimum absolute atomic E-state index is 0.152. The number of methoxy groups -OCH3 is 4. The fourth-order valence-electron chi connectivity index (χ4n) is 3.96. The lowest BCUT2D eigenvalue weighted by molar-refractivity contribution is 0.0531. The van der Waals surface area contributed by atoms with E-state index in [9.17, 15) is 4.91 Å². The van der Waals surface area contributed by atoms with Gasteiger partial charge in [-0.25, -0.2) is 0 Å². The molecule has 8 nitrogen and oxygen atoms in total. The summed E-state index contributed by atoms with van der Waals surface area (Å²) in [5.74, 6) is 3.20. The van der Waals surface area contributed by atoms with Crippen LogP contribution in [0.4, 0.5) is 0 Å². The van der Waals surface area contributed by atoms with Crippen LogP contribution in [0.3, 0.4) is 0 Å². The number of hydrogen-bond acceptors (Lipinski definition) is 8. The second kappa shape index (κ2) is 9.68. The summed E-state index contributed by atoms with van der Waals surface area (Å²) in [5.41, 5.74) is 2.24. The van der Waals surface area contributed by atoms with Crippen LogP contribution in [0.15, 0.2) is 59.8 Å². The Balaban J connectivity index is 1.95. The Labute approximate surface area is 191 Å². The highest BCUT2D eigenvalue weighted by atomic mass is 16.6. The third-order valence-corrected chi connectivity index (χ3v) is 5.53. The molecule has 0 aromatic heterocycles. The van der Waals surface area contributed by atoms with Gasteiger partial charge in [0.1, 0.15) is 6.54 Å². The van der Waals surface area contributed by atoms with E-state index < -0.39 is 12.2 Å². The predicted octanol–water partition coefficient (Wildman–Crippen LogP) is 5.04. The van der Waals surface area contributed by atoms with Gasteiger partial charge >= 0.3 is 0 Å². The Bertz CT molecular complexity index is 1150. The van der Waals surface area contributed by atoms with Crippen molar-refractivity contribution in [2.75, 3.05) is 35.0 Å². The monoisotopic (exact) mass is 451 g/mol. The maximum atomic E-state index is 11.4. The summed E-state index contributed by atoms with van der Waals surface area (Å²) in [6, 6.07) is 16.6. The van der Waals surface area contributed by atoms with E-state index in [0.29, 0.717) is 34.5 Å². The Hall–Kier alpha value is -3.94. The summed E-state index contributed by atoms with van der Waals surface area (Å²) >= 11 is 0. The molecule has 1 aliphatic rings. The largest absolute Gasteiger partial charge is 0.493 e. The Kier molecular flexibility index (Phi) is 6.53. The molecule has 0 spiro atoms. The molecule has 1 aliphatic heterocycles. The Morgan fingerprint density at radius 2 is 1.30 bits per heavy atom. The first kappa shape index (κ1) is 22.3. The molecule has 0 bridgehead atoms. The molecule has 3 aromatic rings. The number of para-hydroxylation sites is 2. The number of nitroso groups, excluding NO2 is 1. The van der Waals surface area contributed by atoms with Gasteiger partial charge in [0.15, 0.2) is 46.7 Å². The highest BCUT2D eigenvalue weighted by molar-refractivity contribution is 5.81. The van der Waals surface area contributed by atoms with Gasteiger partial charge in [-0.1, -0.05) is 35.5 Å². The van der Waals surface area contributed by atoms with Gasteiger partial charge in [-0.05, 0) is 24.3 Å². The van der Waals surface area contributed by atoms with Gasteiger partial charge in [0.05, 0.1) is 28.4 Å². The van der Waals surface area contributed by atoms with Crippen LogP contribution in [0.25, 0.3) is 11.1 Å². The summed E-state index contributed by atoms with van der Waals surface area (Å²) < 4.78 is 34.9. The minimum Gasteiger partial charge on any atom is -0.493 e. The fourth-order valence-corrected chi connectivity index (χ4v) is 3.96. The van der Waals surface area contributed by atoms with Crippen LogP contribution >= 0.6 is 0 Å². The molecule has 0 N–H and O–H groups in total. The molecule has 4 rings (SSSR count). The van der Waals surface area contributed by atoms with Crippen molar-refractivity contribution in [1.82, 2.24) is 0 Å². The van der Waals surface area contributed by atoms with E-state index in [1.54, 1.807) is 46.6 Å². The van der Waals surface area contributed by atoms with Gasteiger partial charge in [-0.2, -0.15) is 4.91 Å². The minimum atomic E-state index is -0.756. The van der Waals surface area contributed by atoms with Gasteiger partial charge in [-0.15, -0.1) is 0 Å². The van der Waals surface area contributed by atoms with E-state index in [1.165, 1.54) is 0 Å². The summed E-state index contributed by atoms with van der Waals surface area (Å²) in [4.78, 5) is 11.4. The molecule has 172 valence electrons. The standard InChI is InChI=1S/C25H25NO7/c1-28-18-12-11-15(13-21(18)31-4)23-22(14-26-27)32-24-16(7-5-9-19(24)29-2)17-8-6-10-20(30-3)25(17)33-23/h5-13,22-23H,14H2,1-4H3. The van der Waals surface area contributed by atoms with Crippen molar-refractivity contribution in [2.24, 2.45) is 5.18 Å². The van der Waals surface area contributed by atoms with Crippen LogP contribution in [-0.2, 0) is 0 Å². The Morgan fingerprint density at radius 3 is 1.85 bits per heavy atom. The van der Waals surface area contributed by atoms with Crippen molar-refractivity contribution < 1.29 is 28.4 Å². The van der Waals surface area contributed by atoms with E-state index >= 15 is 0 Å². The van der Waals surface area contributed by atoms with E-state index in [-0.39, 0.29) is 6.54 Å². The third kappa shape index (κ3) is 4.11. The Morgan fingerprint density at radius 1 is 0.727 bits per heavy atom. The number of nitrogens with zero attached hydrogens (tertiary/aromatic N) is 1. The summed E-state index contributed by atoms with van der Waals surface area (Å²) in [7, 11) is 6.27. The molecule has 0 saturated heterocycles. The molecule has 2 unspecified atom stereocenters. The quantitative estimate of drug-likeness (QED) is 0.466. The molecule has 33 heavy (non-hydrogen) atoms. The van der Waals surface area contributed by atoms with Crippen molar-refractivity contribution in [1.29, 1.82) is 0 Å². The zero-order valence-electron chi connectivity index (χ0n) is 18.9. The van der Waals surface area contributed by atoms with Gasteiger partial charge in [-0.3, -0.25) is 0 Å². The lowest BCUT2D eigenvalue weighted by atomic mass is 9.98. The molecule has 2 atom stereocenters. The molecule has 0 aliphatic carbocycles. The molecular formula is C25H25NO7. The fraction of sp³-hybridized carbons (Fsp3) is 0.280. The van der Waals surface area contributed by atoms with E-state index in [2.05, 4.69) is 5.18 Å². The maximum Gasteiger partial charge on any atom is 0.170 e. The van der Waals surface area contributed by atoms with Gasteiger partial charge < -0.3 is 28.4 Å². The molecule has 3 aromatic carbocycles. The molecule has 0 fully saturated rings. The predicted molar refractivity (Wildman–Crippen MR) is 123 cm³/mol. The van der Waals surface area contributed by atoms with E-state index in [4.69, 9.17) is 28.4 Å². The van der Waals surface area contributed by atoms with Crippen LogP contribution in [0, 0.1) is 4.91 Å². The molecule has 8 heteroatoms. The van der Waals surface area contributed by atoms with Crippen LogP contribution in [-0.4, -0.2) is 41.1 Å². The summed E-state index contributed by atoms with van der Waals surface area (Å²) in [5, 5.41) is 3.13. The highest BCUT2D eigenvalue weighted by Crippen LogP contribution is 2.49. The van der Waals surface area contributed by atoms with Crippen molar-refractivity contribution in [3.63, 3.8) is 0 Å². The van der Waals surface area contributed by atoms with E-state index in [0.717, 1.165) is 16.7 Å². The van der Waals surface area contributed by atoms with Crippen molar-refractivity contribution >= 4 is 0 Å². The molecule has 0 radical (unpaired) electrons. The van der Waals surface area contributed by atoms with Gasteiger partial charge in [0.2, 0.25) is 0 Å². The van der Waals surface area contributed by atoms with Crippen LogP contribution in [0.5, 0.6) is 34.5 Å². The SMILES string of the molecule is COc1ccc(C2Oc3c(OC)cccc3-c3cccc(OC)c3OC2CN=O)cc1OC. The number of hydrogen-bond donors (Lipinski definition) is 0.